The molecule has 0 rings (SSSR count). The van der Waals surface area contributed by atoms with E-state index in [4.69, 9.17) is 4.74 Å². The van der Waals surface area contributed by atoms with E-state index >= 15 is 0 Å². The summed E-state index contributed by atoms with van der Waals surface area (Å²) in [7, 11) is 0. The molecule has 13 heavy (non-hydrogen) atoms. The van der Waals surface area contributed by atoms with Crippen LogP contribution in [0.1, 0.15) is 41.0 Å². The third kappa shape index (κ3) is 9.18. The first-order valence-electron chi connectivity index (χ1n) is 4.76. The average Bonchev–Trinajstić information content (AvgIpc) is 1.81. The van der Waals surface area contributed by atoms with Gasteiger partial charge in [-0.15, -0.1) is 0 Å². The van der Waals surface area contributed by atoms with Crippen LogP contribution in [0.25, 0.3) is 0 Å². The molecular formula is C10H21NO2. The first-order chi connectivity index (χ1) is 5.81. The van der Waals surface area contributed by atoms with Crippen LogP contribution in [-0.2, 0) is 4.74 Å². The molecule has 78 valence electrons. The summed E-state index contributed by atoms with van der Waals surface area (Å²) in [5, 5.41) is 2.71. The molecule has 0 spiro atoms. The Hall–Kier alpha value is -0.730. The van der Waals surface area contributed by atoms with E-state index in [1.54, 1.807) is 0 Å². The van der Waals surface area contributed by atoms with Gasteiger partial charge in [0, 0.05) is 6.54 Å². The molecule has 0 aliphatic rings. The molecule has 0 aromatic heterocycles. The number of alkyl carbamates (subject to hydrolysis) is 1. The molecule has 0 aliphatic carbocycles. The molecule has 0 bridgehead atoms. The number of hydrogen-bond acceptors (Lipinski definition) is 2. The lowest BCUT2D eigenvalue weighted by molar-refractivity contribution is 0.114. The molecule has 0 heterocycles. The molecule has 0 unspecified atom stereocenters. The van der Waals surface area contributed by atoms with Gasteiger partial charge in [0.05, 0.1) is 6.10 Å². The summed E-state index contributed by atoms with van der Waals surface area (Å²) in [6, 6.07) is 0. The van der Waals surface area contributed by atoms with E-state index in [-0.39, 0.29) is 17.6 Å². The number of nitrogens with one attached hydrogen (secondary N) is 1. The maximum atomic E-state index is 11.0. The molecule has 3 nitrogen and oxygen atoms in total. The van der Waals surface area contributed by atoms with Crippen molar-refractivity contribution in [3.05, 3.63) is 0 Å². The van der Waals surface area contributed by atoms with Gasteiger partial charge in [-0.3, -0.25) is 0 Å². The summed E-state index contributed by atoms with van der Waals surface area (Å²) in [6.45, 7) is 10.8. The number of rotatable bonds is 3. The highest BCUT2D eigenvalue weighted by atomic mass is 16.6. The number of ether oxygens (including phenoxy) is 1. The predicted molar refractivity (Wildman–Crippen MR) is 53.7 cm³/mol. The third-order valence-electron chi connectivity index (χ3n) is 1.49. The fourth-order valence-electron chi connectivity index (χ4n) is 0.795. The fraction of sp³-hybridized carbons (Fsp3) is 0.900. The standard InChI is InChI=1S/C10H21NO2/c1-8(2)13-9(12)11-7-6-10(3,4)5/h8H,6-7H2,1-5H3,(H,11,12). The van der Waals surface area contributed by atoms with Crippen molar-refractivity contribution in [3.8, 4) is 0 Å². The van der Waals surface area contributed by atoms with Crippen molar-refractivity contribution in [3.63, 3.8) is 0 Å². The second-order valence-electron chi connectivity index (χ2n) is 4.69. The second kappa shape index (κ2) is 5.10. The number of hydrogen-bond donors (Lipinski definition) is 1. The Morgan fingerprint density at radius 3 is 2.31 bits per heavy atom. The van der Waals surface area contributed by atoms with Crippen molar-refractivity contribution in [1.82, 2.24) is 5.32 Å². The van der Waals surface area contributed by atoms with Crippen LogP contribution in [0.5, 0.6) is 0 Å². The van der Waals surface area contributed by atoms with Gasteiger partial charge in [-0.25, -0.2) is 4.79 Å². The van der Waals surface area contributed by atoms with Crippen LogP contribution in [0.4, 0.5) is 4.79 Å². The minimum Gasteiger partial charge on any atom is -0.447 e. The van der Waals surface area contributed by atoms with Gasteiger partial charge in [-0.2, -0.15) is 0 Å². The molecule has 0 aliphatic heterocycles. The van der Waals surface area contributed by atoms with Gasteiger partial charge in [-0.05, 0) is 25.7 Å². The molecule has 0 radical (unpaired) electrons. The zero-order valence-corrected chi connectivity index (χ0v) is 9.31. The SMILES string of the molecule is CC(C)OC(=O)NCCC(C)(C)C. The predicted octanol–water partition coefficient (Wildman–Crippen LogP) is 2.56. The van der Waals surface area contributed by atoms with Crippen LogP contribution in [0.2, 0.25) is 0 Å². The summed E-state index contributed by atoms with van der Waals surface area (Å²) in [5.41, 5.74) is 0.255. The first kappa shape index (κ1) is 12.3. The molecule has 3 heteroatoms. The zero-order valence-electron chi connectivity index (χ0n) is 9.31. The van der Waals surface area contributed by atoms with Crippen LogP contribution in [0, 0.1) is 5.41 Å². The highest BCUT2D eigenvalue weighted by molar-refractivity contribution is 5.67. The van der Waals surface area contributed by atoms with Crippen LogP contribution in [0.15, 0.2) is 0 Å². The Morgan fingerprint density at radius 2 is 1.92 bits per heavy atom. The first-order valence-corrected chi connectivity index (χ1v) is 4.76. The van der Waals surface area contributed by atoms with Gasteiger partial charge in [-0.1, -0.05) is 20.8 Å². The highest BCUT2D eigenvalue weighted by Crippen LogP contribution is 2.16. The number of amides is 1. The van der Waals surface area contributed by atoms with Crippen molar-refractivity contribution in [2.75, 3.05) is 6.54 Å². The largest absolute Gasteiger partial charge is 0.447 e. The molecule has 0 atom stereocenters. The average molecular weight is 187 g/mol. The highest BCUT2D eigenvalue weighted by Gasteiger charge is 2.11. The van der Waals surface area contributed by atoms with Crippen LogP contribution < -0.4 is 5.32 Å². The van der Waals surface area contributed by atoms with Crippen molar-refractivity contribution in [2.45, 2.75) is 47.1 Å². The number of carbonyl (C=O) groups is 1. The molecule has 1 N–H and O–H groups in total. The molecule has 1 amide bonds. The summed E-state index contributed by atoms with van der Waals surface area (Å²) in [5.74, 6) is 0. The van der Waals surface area contributed by atoms with Crippen molar-refractivity contribution >= 4 is 6.09 Å². The molecule has 0 aromatic rings. The minimum atomic E-state index is -0.320. The lowest BCUT2D eigenvalue weighted by Crippen LogP contribution is -2.29. The summed E-state index contributed by atoms with van der Waals surface area (Å²) in [6.07, 6.45) is 0.592. The van der Waals surface area contributed by atoms with Crippen molar-refractivity contribution in [2.24, 2.45) is 5.41 Å². The maximum Gasteiger partial charge on any atom is 0.407 e. The Kier molecular flexibility index (Phi) is 4.81. The van der Waals surface area contributed by atoms with Crippen LogP contribution in [0.3, 0.4) is 0 Å². The molecule has 0 fully saturated rings. The van der Waals surface area contributed by atoms with Crippen molar-refractivity contribution in [1.29, 1.82) is 0 Å². The summed E-state index contributed by atoms with van der Waals surface area (Å²) >= 11 is 0. The third-order valence-corrected chi connectivity index (χ3v) is 1.49. The Morgan fingerprint density at radius 1 is 1.38 bits per heavy atom. The van der Waals surface area contributed by atoms with Gasteiger partial charge in [0.15, 0.2) is 0 Å². The lowest BCUT2D eigenvalue weighted by Gasteiger charge is -2.18. The van der Waals surface area contributed by atoms with E-state index in [0.29, 0.717) is 6.54 Å². The van der Waals surface area contributed by atoms with Gasteiger partial charge in [0.25, 0.3) is 0 Å². The summed E-state index contributed by atoms with van der Waals surface area (Å²) in [4.78, 5) is 11.0. The van der Waals surface area contributed by atoms with Gasteiger partial charge in [0.1, 0.15) is 0 Å². The van der Waals surface area contributed by atoms with Gasteiger partial charge < -0.3 is 10.1 Å². The molecule has 0 aromatic carbocycles. The van der Waals surface area contributed by atoms with Crippen LogP contribution >= 0.6 is 0 Å². The Bertz CT molecular complexity index is 159. The zero-order chi connectivity index (χ0) is 10.5. The van der Waals surface area contributed by atoms with Crippen LogP contribution in [-0.4, -0.2) is 18.7 Å². The van der Waals surface area contributed by atoms with E-state index in [1.807, 2.05) is 13.8 Å². The Labute approximate surface area is 80.8 Å². The van der Waals surface area contributed by atoms with E-state index in [9.17, 15) is 4.79 Å². The second-order valence-corrected chi connectivity index (χ2v) is 4.69. The summed E-state index contributed by atoms with van der Waals surface area (Å²) < 4.78 is 4.91. The van der Waals surface area contributed by atoms with E-state index in [2.05, 4.69) is 26.1 Å². The minimum absolute atomic E-state index is 0.0466. The smallest absolute Gasteiger partial charge is 0.407 e. The lowest BCUT2D eigenvalue weighted by atomic mass is 9.92. The van der Waals surface area contributed by atoms with Crippen molar-refractivity contribution < 1.29 is 9.53 Å². The molecule has 0 saturated carbocycles. The molecular weight excluding hydrogens is 166 g/mol. The monoisotopic (exact) mass is 187 g/mol. The van der Waals surface area contributed by atoms with Gasteiger partial charge >= 0.3 is 6.09 Å². The fourth-order valence-corrected chi connectivity index (χ4v) is 0.795. The van der Waals surface area contributed by atoms with E-state index < -0.39 is 0 Å². The number of carbonyl (C=O) groups excluding carboxylic acids is 1. The maximum absolute atomic E-state index is 11.0. The normalized spacial score (nSPS) is 11.5. The van der Waals surface area contributed by atoms with E-state index in [1.165, 1.54) is 0 Å². The quantitative estimate of drug-likeness (QED) is 0.737. The topological polar surface area (TPSA) is 38.3 Å². The van der Waals surface area contributed by atoms with E-state index in [0.717, 1.165) is 6.42 Å². The Balaban J connectivity index is 3.49. The van der Waals surface area contributed by atoms with Gasteiger partial charge in [0.2, 0.25) is 0 Å². The molecule has 0 saturated heterocycles.